The van der Waals surface area contributed by atoms with Crippen LogP contribution in [-0.4, -0.2) is 29.9 Å². The lowest BCUT2D eigenvalue weighted by Crippen LogP contribution is -2.01. The fourth-order valence-corrected chi connectivity index (χ4v) is 8.98. The molecule has 0 unspecified atom stereocenters. The number of rotatable bonds is 10. The third-order valence-corrected chi connectivity index (χ3v) is 12.2. The van der Waals surface area contributed by atoms with Gasteiger partial charge in [0.15, 0.2) is 23.3 Å². The predicted octanol–water partition coefficient (Wildman–Crippen LogP) is 15.3. The number of hydrogen-bond donors (Lipinski definition) is 0. The number of hydrogen-bond acceptors (Lipinski definition) is 6. The molecule has 0 aliphatic heterocycles. The molecule has 6 heteroatoms. The monoisotopic (exact) mass is 872 g/mol. The molecule has 0 N–H and O–H groups in total. The van der Waals surface area contributed by atoms with E-state index in [1.165, 1.54) is 0 Å². The van der Waals surface area contributed by atoms with Gasteiger partial charge < -0.3 is 0 Å². The van der Waals surface area contributed by atoms with Crippen LogP contribution in [0.2, 0.25) is 0 Å². The Morgan fingerprint density at radius 1 is 0.235 bits per heavy atom. The summed E-state index contributed by atoms with van der Waals surface area (Å²) in [6.45, 7) is 4.13. The average Bonchev–Trinajstić information content (AvgIpc) is 3.41. The van der Waals surface area contributed by atoms with Crippen molar-refractivity contribution in [3.05, 3.63) is 242 Å². The van der Waals surface area contributed by atoms with Crippen molar-refractivity contribution in [2.45, 2.75) is 13.8 Å². The van der Waals surface area contributed by atoms with Crippen LogP contribution < -0.4 is 0 Å². The third kappa shape index (κ3) is 8.39. The van der Waals surface area contributed by atoms with Crippen LogP contribution in [0.4, 0.5) is 0 Å². The minimum atomic E-state index is 0.582. The van der Waals surface area contributed by atoms with E-state index in [1.54, 1.807) is 0 Å². The molecule has 0 bridgehead atoms. The lowest BCUT2D eigenvalue weighted by molar-refractivity contribution is 1.07. The molecule has 68 heavy (non-hydrogen) atoms. The van der Waals surface area contributed by atoms with E-state index in [0.29, 0.717) is 23.3 Å². The molecular weight excluding hydrogens is 829 g/mol. The average molecular weight is 873 g/mol. The van der Waals surface area contributed by atoms with E-state index in [4.69, 9.17) is 29.9 Å². The van der Waals surface area contributed by atoms with Crippen LogP contribution in [0.15, 0.2) is 231 Å². The van der Waals surface area contributed by atoms with E-state index in [-0.39, 0.29) is 0 Å². The molecule has 0 saturated heterocycles. The molecule has 8 aromatic carbocycles. The predicted molar refractivity (Wildman–Crippen MR) is 277 cm³/mol. The number of pyridine rings is 1. The highest BCUT2D eigenvalue weighted by molar-refractivity contribution is 6.00. The van der Waals surface area contributed by atoms with Gasteiger partial charge in [-0.1, -0.05) is 212 Å². The molecule has 0 fully saturated rings. The van der Waals surface area contributed by atoms with Crippen molar-refractivity contribution in [2.75, 3.05) is 0 Å². The highest BCUT2D eigenvalue weighted by Crippen LogP contribution is 2.45. The van der Waals surface area contributed by atoms with E-state index in [0.717, 1.165) is 101 Å². The van der Waals surface area contributed by atoms with Gasteiger partial charge in [0, 0.05) is 50.3 Å². The maximum absolute atomic E-state index is 5.32. The zero-order valence-corrected chi connectivity index (χ0v) is 37.6. The molecule has 0 aliphatic rings. The number of benzene rings is 8. The van der Waals surface area contributed by atoms with Crippen molar-refractivity contribution < 1.29 is 0 Å². The second-order valence-electron chi connectivity index (χ2n) is 16.7. The summed E-state index contributed by atoms with van der Waals surface area (Å²) in [4.78, 5) is 31.0. The fourth-order valence-electron chi connectivity index (χ4n) is 8.98. The molecule has 0 amide bonds. The van der Waals surface area contributed by atoms with Gasteiger partial charge in [-0.15, -0.1) is 0 Å². The summed E-state index contributed by atoms with van der Waals surface area (Å²) >= 11 is 0. The van der Waals surface area contributed by atoms with Gasteiger partial charge >= 0.3 is 0 Å². The molecule has 11 rings (SSSR count). The molecule has 3 aromatic heterocycles. The van der Waals surface area contributed by atoms with Crippen molar-refractivity contribution in [3.63, 3.8) is 0 Å². The van der Waals surface area contributed by atoms with E-state index >= 15 is 0 Å². The normalized spacial score (nSPS) is 11.1. The Hall–Kier alpha value is -9.00. The summed E-state index contributed by atoms with van der Waals surface area (Å²) < 4.78 is 0. The molecule has 0 radical (unpaired) electrons. The Bertz CT molecular complexity index is 3520. The first kappa shape index (κ1) is 41.7. The maximum Gasteiger partial charge on any atom is 0.164 e. The number of aromatic nitrogens is 6. The smallest absolute Gasteiger partial charge is 0.164 e. The Labute approximate surface area is 396 Å². The molecule has 0 saturated carbocycles. The van der Waals surface area contributed by atoms with Crippen molar-refractivity contribution in [3.8, 4) is 113 Å². The fraction of sp³-hybridized carbons (Fsp3) is 0.0323. The van der Waals surface area contributed by atoms with Gasteiger partial charge in [-0.2, -0.15) is 0 Å². The molecule has 0 aliphatic carbocycles. The highest BCUT2D eigenvalue weighted by atomic mass is 15.0. The number of aryl methyl sites for hydroxylation is 2. The van der Waals surface area contributed by atoms with E-state index in [1.807, 2.05) is 85.8 Å². The molecule has 0 atom stereocenters. The van der Waals surface area contributed by atoms with Crippen LogP contribution in [0.1, 0.15) is 11.4 Å². The topological polar surface area (TPSA) is 77.3 Å². The van der Waals surface area contributed by atoms with Crippen LogP contribution in [0, 0.1) is 13.8 Å². The molecule has 11 aromatic rings. The van der Waals surface area contributed by atoms with E-state index in [2.05, 4.69) is 159 Å². The first-order valence-corrected chi connectivity index (χ1v) is 22.8. The third-order valence-electron chi connectivity index (χ3n) is 12.2. The summed E-state index contributed by atoms with van der Waals surface area (Å²) in [7, 11) is 0. The van der Waals surface area contributed by atoms with Crippen LogP contribution in [-0.2, 0) is 0 Å². The molecular formula is C62H44N6. The van der Waals surface area contributed by atoms with Gasteiger partial charge in [-0.25, -0.2) is 24.9 Å². The lowest BCUT2D eigenvalue weighted by atomic mass is 9.84. The van der Waals surface area contributed by atoms with Crippen LogP contribution in [0.25, 0.3) is 113 Å². The summed E-state index contributed by atoms with van der Waals surface area (Å²) in [6.07, 6.45) is 0. The van der Waals surface area contributed by atoms with E-state index in [9.17, 15) is 0 Å². The Morgan fingerprint density at radius 2 is 0.691 bits per heavy atom. The van der Waals surface area contributed by atoms with E-state index < -0.39 is 0 Å². The van der Waals surface area contributed by atoms with Gasteiger partial charge in [-0.3, -0.25) is 4.98 Å². The largest absolute Gasteiger partial charge is 0.258 e. The Balaban J connectivity index is 1.12. The van der Waals surface area contributed by atoms with Gasteiger partial charge in [0.2, 0.25) is 0 Å². The van der Waals surface area contributed by atoms with Crippen molar-refractivity contribution >= 4 is 0 Å². The van der Waals surface area contributed by atoms with Crippen LogP contribution >= 0.6 is 0 Å². The zero-order chi connectivity index (χ0) is 45.8. The van der Waals surface area contributed by atoms with Crippen molar-refractivity contribution in [1.82, 2.24) is 29.9 Å². The molecule has 3 heterocycles. The standard InChI is InChI=1S/C62H44N6/c1-41-37-38-49(42(2)63-41)53-36-20-35-51(58(53)54-33-17-16-32-52(54)57-40-56(44-23-9-4-10-24-44)64-59(65-57)45-25-11-5-12-26-45)47-29-19-30-48(39-47)61-66-60(46-27-13-6-14-28-46)67-62(68-61)55-34-18-15-31-50(55)43-21-7-3-8-22-43/h3-40H,1-2H3. The first-order valence-electron chi connectivity index (χ1n) is 22.8. The van der Waals surface area contributed by atoms with Gasteiger partial charge in [0.05, 0.1) is 11.4 Å². The lowest BCUT2D eigenvalue weighted by Gasteiger charge is -2.20. The quantitative estimate of drug-likeness (QED) is 0.136. The van der Waals surface area contributed by atoms with Gasteiger partial charge in [0.1, 0.15) is 0 Å². The minimum absolute atomic E-state index is 0.582. The van der Waals surface area contributed by atoms with Crippen molar-refractivity contribution in [1.29, 1.82) is 0 Å². The Morgan fingerprint density at radius 3 is 1.35 bits per heavy atom. The summed E-state index contributed by atoms with van der Waals surface area (Å²) in [5.41, 5.74) is 17.7. The number of nitrogens with zero attached hydrogens (tertiary/aromatic N) is 6. The molecule has 0 spiro atoms. The summed E-state index contributed by atoms with van der Waals surface area (Å²) in [6, 6.07) is 79.4. The summed E-state index contributed by atoms with van der Waals surface area (Å²) in [5, 5.41) is 0. The maximum atomic E-state index is 5.32. The second kappa shape index (κ2) is 18.5. The van der Waals surface area contributed by atoms with Gasteiger partial charge in [0.25, 0.3) is 0 Å². The highest BCUT2D eigenvalue weighted by Gasteiger charge is 2.22. The SMILES string of the molecule is Cc1ccc(-c2cccc(-c3cccc(-c4nc(-c5ccccc5)nc(-c5ccccc5-c5ccccc5)n4)c3)c2-c2ccccc2-c2cc(-c3ccccc3)nc(-c3ccccc3)n2)c(C)n1. The second-order valence-corrected chi connectivity index (χ2v) is 16.7. The summed E-state index contributed by atoms with van der Waals surface area (Å²) in [5.74, 6) is 2.45. The first-order chi connectivity index (χ1) is 33.5. The van der Waals surface area contributed by atoms with Crippen LogP contribution in [0.3, 0.4) is 0 Å². The van der Waals surface area contributed by atoms with Crippen molar-refractivity contribution in [2.24, 2.45) is 0 Å². The minimum Gasteiger partial charge on any atom is -0.258 e. The zero-order valence-electron chi connectivity index (χ0n) is 37.6. The van der Waals surface area contributed by atoms with Crippen LogP contribution in [0.5, 0.6) is 0 Å². The molecule has 6 nitrogen and oxygen atoms in total. The Kier molecular flexibility index (Phi) is 11.3. The van der Waals surface area contributed by atoms with Gasteiger partial charge in [-0.05, 0) is 71.0 Å². The molecule has 322 valence electrons.